The lowest BCUT2D eigenvalue weighted by Gasteiger charge is -2.14. The maximum absolute atomic E-state index is 13.4. The molecular formula is C22H17F6NO4S2. The minimum Gasteiger partial charge on any atom is -0.481 e. The molecule has 1 aliphatic rings. The molecule has 35 heavy (non-hydrogen) atoms. The smallest absolute Gasteiger partial charge is 0.417 e. The van der Waals surface area contributed by atoms with Crippen LogP contribution in [-0.4, -0.2) is 32.7 Å². The molecule has 5 nitrogen and oxygen atoms in total. The average Bonchev–Trinajstić information content (AvgIpc) is 3.31. The van der Waals surface area contributed by atoms with E-state index in [0.29, 0.717) is 31.4 Å². The molecule has 0 unspecified atom stereocenters. The topological polar surface area (TPSA) is 70.8 Å². The molecule has 1 aliphatic heterocycles. The van der Waals surface area contributed by atoms with Crippen LogP contribution in [0.25, 0.3) is 17.4 Å². The van der Waals surface area contributed by atoms with Gasteiger partial charge in [0.25, 0.3) is 5.91 Å². The monoisotopic (exact) mass is 537 g/mol. The fraction of sp³-hybridized carbons (Fsp3) is 0.318. The van der Waals surface area contributed by atoms with E-state index in [1.165, 1.54) is 23.1 Å². The molecule has 13 heteroatoms. The van der Waals surface area contributed by atoms with Crippen molar-refractivity contribution in [3.8, 4) is 11.3 Å². The van der Waals surface area contributed by atoms with E-state index in [4.69, 9.17) is 21.7 Å². The molecule has 0 bridgehead atoms. The van der Waals surface area contributed by atoms with Crippen LogP contribution in [0.1, 0.15) is 42.6 Å². The average molecular weight is 538 g/mol. The molecule has 1 aromatic carbocycles. The molecule has 0 spiro atoms. The van der Waals surface area contributed by atoms with Crippen LogP contribution in [0, 0.1) is 0 Å². The number of carbonyl (C=O) groups is 2. The van der Waals surface area contributed by atoms with E-state index in [9.17, 15) is 35.9 Å². The quantitative estimate of drug-likeness (QED) is 0.172. The Kier molecular flexibility index (Phi) is 8.00. The van der Waals surface area contributed by atoms with Gasteiger partial charge in [0.2, 0.25) is 0 Å². The predicted octanol–water partition coefficient (Wildman–Crippen LogP) is 6.83. The number of halogens is 6. The summed E-state index contributed by atoms with van der Waals surface area (Å²) in [4.78, 5) is 24.7. The minimum absolute atomic E-state index is 0.0219. The summed E-state index contributed by atoms with van der Waals surface area (Å²) in [5.74, 6) is -1.63. The Balaban J connectivity index is 1.78. The molecule has 1 fully saturated rings. The second kappa shape index (κ2) is 10.4. The van der Waals surface area contributed by atoms with Gasteiger partial charge in [0, 0.05) is 24.6 Å². The van der Waals surface area contributed by atoms with Gasteiger partial charge in [-0.15, -0.1) is 0 Å². The standard InChI is InChI=1S/C22H17F6NO4S2/c23-21(24,25)12-5-7-14(15(10-12)22(26,27)28)16-8-6-13(33-16)11-17-19(32)29(20(34)35-17)9-3-1-2-4-18(30)31/h5-8,10-11H,1-4,9H2,(H,30,31)/b17-11-. The fourth-order valence-corrected chi connectivity index (χ4v) is 4.58. The van der Waals surface area contributed by atoms with Crippen LogP contribution < -0.4 is 0 Å². The number of nitrogens with zero attached hydrogens (tertiary/aromatic N) is 1. The Hall–Kier alpha value is -2.80. The first-order valence-corrected chi connectivity index (χ1v) is 11.4. The van der Waals surface area contributed by atoms with Gasteiger partial charge in [0.05, 0.1) is 16.0 Å². The number of hydrogen-bond acceptors (Lipinski definition) is 5. The number of carbonyl (C=O) groups excluding carboxylic acids is 1. The van der Waals surface area contributed by atoms with Crippen molar-refractivity contribution in [2.45, 2.75) is 38.0 Å². The van der Waals surface area contributed by atoms with Crippen molar-refractivity contribution in [3.63, 3.8) is 0 Å². The summed E-state index contributed by atoms with van der Waals surface area (Å²) in [5, 5.41) is 8.65. The van der Waals surface area contributed by atoms with Crippen molar-refractivity contribution in [3.05, 3.63) is 52.1 Å². The lowest BCUT2D eigenvalue weighted by atomic mass is 10.0. The summed E-state index contributed by atoms with van der Waals surface area (Å²) in [5.41, 5.74) is -3.51. The van der Waals surface area contributed by atoms with Crippen LogP contribution in [0.4, 0.5) is 26.3 Å². The van der Waals surface area contributed by atoms with Crippen LogP contribution in [0.2, 0.25) is 0 Å². The first kappa shape index (κ1) is 26.8. The number of thioether (sulfide) groups is 1. The van der Waals surface area contributed by atoms with Crippen molar-refractivity contribution >= 4 is 46.3 Å². The van der Waals surface area contributed by atoms with E-state index < -0.39 is 40.9 Å². The van der Waals surface area contributed by atoms with Gasteiger partial charge in [-0.2, -0.15) is 26.3 Å². The van der Waals surface area contributed by atoms with Gasteiger partial charge in [-0.1, -0.05) is 36.5 Å². The first-order valence-electron chi connectivity index (χ1n) is 10.1. The van der Waals surface area contributed by atoms with Gasteiger partial charge in [-0.3, -0.25) is 14.5 Å². The van der Waals surface area contributed by atoms with Gasteiger partial charge >= 0.3 is 18.3 Å². The maximum atomic E-state index is 13.4. The Morgan fingerprint density at radius 1 is 1.06 bits per heavy atom. The number of unbranched alkanes of at least 4 members (excludes halogenated alkanes) is 2. The summed E-state index contributed by atoms with van der Waals surface area (Å²) in [6, 6.07) is 3.73. The highest BCUT2D eigenvalue weighted by Crippen LogP contribution is 2.42. The van der Waals surface area contributed by atoms with Gasteiger partial charge in [-0.05, 0) is 37.1 Å². The normalized spacial score (nSPS) is 15.9. The number of furan rings is 1. The van der Waals surface area contributed by atoms with Gasteiger partial charge in [-0.25, -0.2) is 0 Å². The maximum Gasteiger partial charge on any atom is 0.417 e. The summed E-state index contributed by atoms with van der Waals surface area (Å²) < 4.78 is 84.7. The number of aliphatic carboxylic acids is 1. The van der Waals surface area contributed by atoms with Crippen molar-refractivity contribution in [1.82, 2.24) is 4.90 Å². The second-order valence-corrected chi connectivity index (χ2v) is 9.17. The molecule has 188 valence electrons. The van der Waals surface area contributed by atoms with E-state index in [-0.39, 0.29) is 39.8 Å². The van der Waals surface area contributed by atoms with Crippen molar-refractivity contribution in [2.24, 2.45) is 0 Å². The Morgan fingerprint density at radius 3 is 2.40 bits per heavy atom. The van der Waals surface area contributed by atoms with Crippen LogP contribution >= 0.6 is 24.0 Å². The number of alkyl halides is 6. The third-order valence-corrected chi connectivity index (χ3v) is 6.34. The molecule has 3 rings (SSSR count). The van der Waals surface area contributed by atoms with Crippen molar-refractivity contribution < 1.29 is 45.5 Å². The Morgan fingerprint density at radius 2 is 1.77 bits per heavy atom. The summed E-state index contributed by atoms with van der Waals surface area (Å²) in [7, 11) is 0. The van der Waals surface area contributed by atoms with E-state index in [0.717, 1.165) is 11.8 Å². The molecule has 1 saturated heterocycles. The van der Waals surface area contributed by atoms with Gasteiger partial charge in [0.1, 0.15) is 15.8 Å². The molecule has 2 heterocycles. The largest absolute Gasteiger partial charge is 0.481 e. The zero-order valence-corrected chi connectivity index (χ0v) is 19.3. The van der Waals surface area contributed by atoms with Gasteiger partial charge < -0.3 is 9.52 Å². The number of benzene rings is 1. The number of amides is 1. The SMILES string of the molecule is O=C(O)CCCCCN1C(=O)/C(=C/c2ccc(-c3ccc(C(F)(F)F)cc3C(F)(F)F)o2)SC1=S. The molecule has 0 radical (unpaired) electrons. The third-order valence-electron chi connectivity index (χ3n) is 4.96. The van der Waals surface area contributed by atoms with Crippen molar-refractivity contribution in [1.29, 1.82) is 0 Å². The van der Waals surface area contributed by atoms with Gasteiger partial charge in [0.15, 0.2) is 0 Å². The molecular weight excluding hydrogens is 520 g/mol. The molecule has 2 aromatic rings. The zero-order chi connectivity index (χ0) is 26.0. The lowest BCUT2D eigenvalue weighted by Crippen LogP contribution is -2.29. The number of carboxylic acids is 1. The highest BCUT2D eigenvalue weighted by molar-refractivity contribution is 8.26. The second-order valence-electron chi connectivity index (χ2n) is 7.50. The molecule has 0 atom stereocenters. The van der Waals surface area contributed by atoms with E-state index in [1.807, 2.05) is 0 Å². The molecule has 1 N–H and O–H groups in total. The highest BCUT2D eigenvalue weighted by Gasteiger charge is 2.39. The number of hydrogen-bond donors (Lipinski definition) is 1. The number of rotatable bonds is 8. The van der Waals surface area contributed by atoms with E-state index >= 15 is 0 Å². The molecule has 1 amide bonds. The molecule has 0 saturated carbocycles. The third kappa shape index (κ3) is 6.66. The Labute approximate surface area is 204 Å². The summed E-state index contributed by atoms with van der Waals surface area (Å²) in [6.45, 7) is 0.283. The minimum atomic E-state index is -5.06. The summed E-state index contributed by atoms with van der Waals surface area (Å²) >= 11 is 6.17. The first-order chi connectivity index (χ1) is 16.3. The highest BCUT2D eigenvalue weighted by atomic mass is 32.2. The van der Waals surface area contributed by atoms with Crippen LogP contribution in [-0.2, 0) is 21.9 Å². The number of thiocarbonyl (C=S) groups is 1. The van der Waals surface area contributed by atoms with Crippen LogP contribution in [0.5, 0.6) is 0 Å². The van der Waals surface area contributed by atoms with Crippen LogP contribution in [0.15, 0.2) is 39.7 Å². The molecule has 0 aliphatic carbocycles. The fourth-order valence-electron chi connectivity index (χ4n) is 3.29. The van der Waals surface area contributed by atoms with Crippen LogP contribution in [0.3, 0.4) is 0 Å². The molecule has 1 aromatic heterocycles. The Bertz CT molecular complexity index is 1170. The van der Waals surface area contributed by atoms with E-state index in [2.05, 4.69) is 0 Å². The van der Waals surface area contributed by atoms with E-state index in [1.54, 1.807) is 0 Å². The van der Waals surface area contributed by atoms with Crippen molar-refractivity contribution in [2.75, 3.05) is 6.54 Å². The lowest BCUT2D eigenvalue weighted by molar-refractivity contribution is -0.143. The zero-order valence-electron chi connectivity index (χ0n) is 17.7. The predicted molar refractivity (Wildman–Crippen MR) is 120 cm³/mol. The summed E-state index contributed by atoms with van der Waals surface area (Å²) in [6.07, 6.45) is -7.11. The number of carboxylic acid groups (broad SMARTS) is 1.